The van der Waals surface area contributed by atoms with Gasteiger partial charge in [0.25, 0.3) is 0 Å². The summed E-state index contributed by atoms with van der Waals surface area (Å²) < 4.78 is 13.3. The van der Waals surface area contributed by atoms with Crippen LogP contribution in [0.1, 0.15) is 35.2 Å². The van der Waals surface area contributed by atoms with Crippen LogP contribution in [0.15, 0.2) is 53.9 Å². The van der Waals surface area contributed by atoms with Gasteiger partial charge in [-0.1, -0.05) is 31.2 Å². The van der Waals surface area contributed by atoms with Crippen LogP contribution in [0.5, 0.6) is 0 Å². The van der Waals surface area contributed by atoms with Gasteiger partial charge in [-0.15, -0.1) is 11.3 Å². The van der Waals surface area contributed by atoms with Crippen LogP contribution in [0.3, 0.4) is 0 Å². The summed E-state index contributed by atoms with van der Waals surface area (Å²) in [5.74, 6) is -0.307. The minimum atomic E-state index is -0.313. The molecular weight excluding hydrogens is 359 g/mol. The van der Waals surface area contributed by atoms with E-state index in [1.165, 1.54) is 17.7 Å². The van der Waals surface area contributed by atoms with Gasteiger partial charge in [0, 0.05) is 17.5 Å². The van der Waals surface area contributed by atoms with Crippen molar-refractivity contribution in [2.24, 2.45) is 0 Å². The smallest absolute Gasteiger partial charge is 0.227 e. The molecule has 140 valence electrons. The SMILES string of the molecule is CCc1ccc(CCC(=O)N(Cc2csc(C)n2)c2ccc(F)cc2)cc1. The number of aryl methyl sites for hydroxylation is 3. The monoisotopic (exact) mass is 382 g/mol. The van der Waals surface area contributed by atoms with E-state index in [2.05, 4.69) is 36.2 Å². The maximum absolute atomic E-state index is 13.3. The lowest BCUT2D eigenvalue weighted by Crippen LogP contribution is -2.30. The Morgan fingerprint density at radius 1 is 1.07 bits per heavy atom. The number of hydrogen-bond acceptors (Lipinski definition) is 3. The fraction of sp³-hybridized carbons (Fsp3) is 0.273. The van der Waals surface area contributed by atoms with Crippen molar-refractivity contribution in [2.75, 3.05) is 4.90 Å². The largest absolute Gasteiger partial charge is 0.306 e. The number of halogens is 1. The normalized spacial score (nSPS) is 10.8. The van der Waals surface area contributed by atoms with Crippen molar-refractivity contribution in [3.8, 4) is 0 Å². The maximum Gasteiger partial charge on any atom is 0.227 e. The Labute approximate surface area is 163 Å². The van der Waals surface area contributed by atoms with Crippen LogP contribution in [0.2, 0.25) is 0 Å². The molecule has 3 aromatic rings. The standard InChI is InChI=1S/C22H23FN2OS/c1-3-17-4-6-18(7-5-17)8-13-22(26)25(14-20-15-27-16(2)24-20)21-11-9-19(23)10-12-21/h4-7,9-12,15H,3,8,13-14H2,1-2H3. The van der Waals surface area contributed by atoms with E-state index < -0.39 is 0 Å². The molecular formula is C22H23FN2OS. The average molecular weight is 383 g/mol. The fourth-order valence-corrected chi connectivity index (χ4v) is 3.52. The number of nitrogens with zero attached hydrogens (tertiary/aromatic N) is 2. The number of carbonyl (C=O) groups is 1. The summed E-state index contributed by atoms with van der Waals surface area (Å²) in [6, 6.07) is 14.4. The topological polar surface area (TPSA) is 33.2 Å². The van der Waals surface area contributed by atoms with Crippen molar-refractivity contribution in [1.82, 2.24) is 4.98 Å². The Hall–Kier alpha value is -2.53. The molecule has 1 heterocycles. The highest BCUT2D eigenvalue weighted by Gasteiger charge is 2.17. The summed E-state index contributed by atoms with van der Waals surface area (Å²) >= 11 is 1.56. The molecule has 0 spiro atoms. The first kappa shape index (κ1) is 19.2. The molecule has 0 atom stereocenters. The van der Waals surface area contributed by atoms with Crippen molar-refractivity contribution in [3.05, 3.63) is 81.6 Å². The molecule has 1 amide bonds. The molecule has 2 aromatic carbocycles. The van der Waals surface area contributed by atoms with E-state index >= 15 is 0 Å². The van der Waals surface area contributed by atoms with Gasteiger partial charge >= 0.3 is 0 Å². The van der Waals surface area contributed by atoms with Crippen LogP contribution in [0, 0.1) is 12.7 Å². The summed E-state index contributed by atoms with van der Waals surface area (Å²) in [6.07, 6.45) is 2.08. The number of thiazole rings is 1. The number of rotatable bonds is 7. The van der Waals surface area contributed by atoms with Crippen LogP contribution in [-0.4, -0.2) is 10.9 Å². The minimum absolute atomic E-state index is 0.00632. The molecule has 0 radical (unpaired) electrons. The number of anilines is 1. The molecule has 0 saturated carbocycles. The zero-order valence-corrected chi connectivity index (χ0v) is 16.4. The Balaban J connectivity index is 1.73. The highest BCUT2D eigenvalue weighted by atomic mass is 32.1. The maximum atomic E-state index is 13.3. The van der Waals surface area contributed by atoms with E-state index in [9.17, 15) is 9.18 Å². The van der Waals surface area contributed by atoms with E-state index in [-0.39, 0.29) is 11.7 Å². The first-order valence-electron chi connectivity index (χ1n) is 9.10. The lowest BCUT2D eigenvalue weighted by molar-refractivity contribution is -0.118. The van der Waals surface area contributed by atoms with Gasteiger partial charge < -0.3 is 4.90 Å². The van der Waals surface area contributed by atoms with E-state index in [0.717, 1.165) is 22.7 Å². The van der Waals surface area contributed by atoms with E-state index in [0.29, 0.717) is 25.1 Å². The third-order valence-corrected chi connectivity index (χ3v) is 5.31. The third-order valence-electron chi connectivity index (χ3n) is 4.48. The molecule has 27 heavy (non-hydrogen) atoms. The lowest BCUT2D eigenvalue weighted by Gasteiger charge is -2.22. The zero-order valence-electron chi connectivity index (χ0n) is 15.6. The van der Waals surface area contributed by atoms with Gasteiger partial charge in [-0.2, -0.15) is 0 Å². The van der Waals surface area contributed by atoms with Gasteiger partial charge in [0.05, 0.1) is 17.2 Å². The number of benzene rings is 2. The van der Waals surface area contributed by atoms with E-state index in [1.807, 2.05) is 12.3 Å². The van der Waals surface area contributed by atoms with Crippen molar-refractivity contribution < 1.29 is 9.18 Å². The summed E-state index contributed by atoms with van der Waals surface area (Å²) in [6.45, 7) is 4.46. The molecule has 5 heteroatoms. The number of aromatic nitrogens is 1. The second-order valence-electron chi connectivity index (χ2n) is 6.48. The highest BCUT2D eigenvalue weighted by molar-refractivity contribution is 7.09. The molecule has 0 unspecified atom stereocenters. The Kier molecular flexibility index (Phi) is 6.35. The minimum Gasteiger partial charge on any atom is -0.306 e. The van der Waals surface area contributed by atoms with Crippen molar-refractivity contribution in [3.63, 3.8) is 0 Å². The molecule has 3 rings (SSSR count). The molecule has 0 aliphatic rings. The quantitative estimate of drug-likeness (QED) is 0.554. The molecule has 0 saturated heterocycles. The highest BCUT2D eigenvalue weighted by Crippen LogP contribution is 2.21. The average Bonchev–Trinajstić information content (AvgIpc) is 3.10. The Bertz CT molecular complexity index is 887. The second-order valence-corrected chi connectivity index (χ2v) is 7.55. The molecule has 0 fully saturated rings. The van der Waals surface area contributed by atoms with Gasteiger partial charge in [-0.3, -0.25) is 4.79 Å². The molecule has 0 bridgehead atoms. The van der Waals surface area contributed by atoms with E-state index in [1.54, 1.807) is 28.4 Å². The summed E-state index contributed by atoms with van der Waals surface area (Å²) in [5, 5.41) is 2.93. The van der Waals surface area contributed by atoms with E-state index in [4.69, 9.17) is 0 Å². The zero-order chi connectivity index (χ0) is 19.2. The first-order chi connectivity index (χ1) is 13.0. The van der Waals surface area contributed by atoms with Crippen molar-refractivity contribution >= 4 is 22.9 Å². The molecule has 0 aliphatic heterocycles. The molecule has 1 aromatic heterocycles. The third kappa shape index (κ3) is 5.23. The number of hydrogen-bond donors (Lipinski definition) is 0. The van der Waals surface area contributed by atoms with Crippen LogP contribution in [0.4, 0.5) is 10.1 Å². The molecule has 3 nitrogen and oxygen atoms in total. The second kappa shape index (κ2) is 8.91. The fourth-order valence-electron chi connectivity index (χ4n) is 2.92. The Morgan fingerprint density at radius 2 is 1.74 bits per heavy atom. The van der Waals surface area contributed by atoms with Gasteiger partial charge in [-0.05, 0) is 55.2 Å². The van der Waals surface area contributed by atoms with Gasteiger partial charge in [0.2, 0.25) is 5.91 Å². The summed E-state index contributed by atoms with van der Waals surface area (Å²) in [7, 11) is 0. The van der Waals surface area contributed by atoms with Crippen LogP contribution >= 0.6 is 11.3 Å². The van der Waals surface area contributed by atoms with Crippen molar-refractivity contribution in [1.29, 1.82) is 0 Å². The lowest BCUT2D eigenvalue weighted by atomic mass is 10.1. The summed E-state index contributed by atoms with van der Waals surface area (Å²) in [4.78, 5) is 19.1. The van der Waals surface area contributed by atoms with Crippen LogP contribution < -0.4 is 4.90 Å². The van der Waals surface area contributed by atoms with Crippen LogP contribution in [0.25, 0.3) is 0 Å². The first-order valence-corrected chi connectivity index (χ1v) is 9.98. The predicted octanol–water partition coefficient (Wildman–Crippen LogP) is 5.32. The van der Waals surface area contributed by atoms with Gasteiger partial charge in [-0.25, -0.2) is 9.37 Å². The van der Waals surface area contributed by atoms with Crippen LogP contribution in [-0.2, 0) is 24.2 Å². The molecule has 0 aliphatic carbocycles. The molecule has 0 N–H and O–H groups in total. The number of carbonyl (C=O) groups excluding carboxylic acids is 1. The van der Waals surface area contributed by atoms with Gasteiger partial charge in [0.15, 0.2) is 0 Å². The van der Waals surface area contributed by atoms with Crippen molar-refractivity contribution in [2.45, 2.75) is 39.7 Å². The predicted molar refractivity (Wildman–Crippen MR) is 109 cm³/mol. The number of amides is 1. The summed E-state index contributed by atoms with van der Waals surface area (Å²) in [5.41, 5.74) is 3.97. The van der Waals surface area contributed by atoms with Gasteiger partial charge in [0.1, 0.15) is 5.82 Å². The Morgan fingerprint density at radius 3 is 2.33 bits per heavy atom.